The summed E-state index contributed by atoms with van der Waals surface area (Å²) >= 11 is 6.68. The van der Waals surface area contributed by atoms with Gasteiger partial charge in [-0.05, 0) is 61.7 Å². The summed E-state index contributed by atoms with van der Waals surface area (Å²) < 4.78 is 6.98. The molecule has 108 valence electrons. The molecule has 21 heavy (non-hydrogen) atoms. The van der Waals surface area contributed by atoms with Gasteiger partial charge in [0.25, 0.3) is 5.69 Å². The molecule has 0 aliphatic rings. The second-order valence-electron chi connectivity index (χ2n) is 4.14. The number of carbonyl (C=O) groups is 1. The Balaban J connectivity index is 2.13. The zero-order valence-electron chi connectivity index (χ0n) is 10.6. The molecule has 2 aromatic carbocycles. The van der Waals surface area contributed by atoms with Gasteiger partial charge >= 0.3 is 0 Å². The third-order valence-corrected chi connectivity index (χ3v) is 3.87. The Bertz CT molecular complexity index is 663. The lowest BCUT2D eigenvalue weighted by atomic mass is 10.2. The third kappa shape index (κ3) is 3.89. The van der Waals surface area contributed by atoms with Crippen molar-refractivity contribution in [1.29, 1.82) is 0 Å². The van der Waals surface area contributed by atoms with Crippen molar-refractivity contribution in [1.82, 2.24) is 0 Å². The molecule has 0 unspecified atom stereocenters. The minimum atomic E-state index is -0.448. The van der Waals surface area contributed by atoms with Gasteiger partial charge in [0, 0.05) is 17.7 Å². The maximum atomic E-state index is 10.8. The van der Waals surface area contributed by atoms with Gasteiger partial charge in [0.05, 0.1) is 13.9 Å². The zero-order chi connectivity index (χ0) is 15.4. The van der Waals surface area contributed by atoms with E-state index in [4.69, 9.17) is 4.74 Å². The number of halogens is 2. The predicted octanol–water partition coefficient (Wildman–Crippen LogP) is 4.51. The Kier molecular flexibility index (Phi) is 5.08. The average Bonchev–Trinajstić information content (AvgIpc) is 2.46. The molecule has 0 aromatic heterocycles. The second kappa shape index (κ2) is 6.82. The predicted molar refractivity (Wildman–Crippen MR) is 84.7 cm³/mol. The molecular formula is C14H9Br2NO4. The summed E-state index contributed by atoms with van der Waals surface area (Å²) in [4.78, 5) is 20.9. The van der Waals surface area contributed by atoms with Gasteiger partial charge in [-0.25, -0.2) is 0 Å². The van der Waals surface area contributed by atoms with E-state index in [-0.39, 0.29) is 12.3 Å². The van der Waals surface area contributed by atoms with E-state index in [2.05, 4.69) is 31.9 Å². The molecule has 0 heterocycles. The van der Waals surface area contributed by atoms with Crippen LogP contribution in [0.25, 0.3) is 0 Å². The minimum absolute atomic E-state index is 0.0384. The number of carbonyl (C=O) groups excluding carboxylic acids is 1. The highest BCUT2D eigenvalue weighted by Gasteiger charge is 2.10. The number of aldehydes is 1. The molecule has 0 fully saturated rings. The number of nitrogens with zero attached hydrogens (tertiary/aromatic N) is 1. The van der Waals surface area contributed by atoms with Crippen LogP contribution in [0.2, 0.25) is 0 Å². The SMILES string of the molecule is O=Cc1cc(Br)c(OCc2ccc([N+](=O)[O-])cc2)c(Br)c1. The molecule has 0 atom stereocenters. The van der Waals surface area contributed by atoms with Crippen molar-refractivity contribution in [2.75, 3.05) is 0 Å². The standard InChI is InChI=1S/C14H9Br2NO4/c15-12-5-10(7-18)6-13(16)14(12)21-8-9-1-3-11(4-2-9)17(19)20/h1-7H,8H2. The summed E-state index contributed by atoms with van der Waals surface area (Å²) in [5, 5.41) is 10.6. The summed E-state index contributed by atoms with van der Waals surface area (Å²) in [6.45, 7) is 0.260. The van der Waals surface area contributed by atoms with E-state index in [0.29, 0.717) is 20.3 Å². The molecule has 0 spiro atoms. The van der Waals surface area contributed by atoms with E-state index in [1.165, 1.54) is 12.1 Å². The lowest BCUT2D eigenvalue weighted by Crippen LogP contribution is -1.98. The molecule has 0 N–H and O–H groups in total. The van der Waals surface area contributed by atoms with Crippen LogP contribution in [0, 0.1) is 10.1 Å². The van der Waals surface area contributed by atoms with Crippen molar-refractivity contribution >= 4 is 43.8 Å². The fourth-order valence-electron chi connectivity index (χ4n) is 1.65. The van der Waals surface area contributed by atoms with Crippen molar-refractivity contribution in [3.05, 3.63) is 66.6 Å². The molecule has 0 aliphatic carbocycles. The number of nitro groups is 1. The Morgan fingerprint density at radius 3 is 2.19 bits per heavy atom. The molecule has 0 amide bonds. The van der Waals surface area contributed by atoms with Gasteiger partial charge < -0.3 is 4.74 Å². The van der Waals surface area contributed by atoms with Crippen molar-refractivity contribution in [3.63, 3.8) is 0 Å². The number of nitro benzene ring substituents is 1. The summed E-state index contributed by atoms with van der Waals surface area (Å²) in [6, 6.07) is 9.45. The van der Waals surface area contributed by atoms with Crippen LogP contribution >= 0.6 is 31.9 Å². The molecule has 2 aromatic rings. The number of hydrogen-bond acceptors (Lipinski definition) is 4. The molecule has 0 saturated heterocycles. The highest BCUT2D eigenvalue weighted by Crippen LogP contribution is 2.35. The van der Waals surface area contributed by atoms with Crippen LogP contribution in [-0.4, -0.2) is 11.2 Å². The second-order valence-corrected chi connectivity index (χ2v) is 5.85. The number of hydrogen-bond donors (Lipinski definition) is 0. The quantitative estimate of drug-likeness (QED) is 0.410. The first-order valence-corrected chi connectivity index (χ1v) is 7.40. The Morgan fingerprint density at radius 1 is 1.14 bits per heavy atom. The largest absolute Gasteiger partial charge is 0.487 e. The van der Waals surface area contributed by atoms with E-state index in [9.17, 15) is 14.9 Å². The van der Waals surface area contributed by atoms with Crippen molar-refractivity contribution in [3.8, 4) is 5.75 Å². The fourth-order valence-corrected chi connectivity index (χ4v) is 3.11. The fraction of sp³-hybridized carbons (Fsp3) is 0.0714. The van der Waals surface area contributed by atoms with Crippen LogP contribution in [0.5, 0.6) is 5.75 Å². The number of benzene rings is 2. The van der Waals surface area contributed by atoms with E-state index in [1.54, 1.807) is 24.3 Å². The van der Waals surface area contributed by atoms with E-state index in [0.717, 1.165) is 11.8 Å². The molecular weight excluding hydrogens is 406 g/mol. The maximum Gasteiger partial charge on any atom is 0.269 e. The normalized spacial score (nSPS) is 10.2. The highest BCUT2D eigenvalue weighted by molar-refractivity contribution is 9.11. The first kappa shape index (κ1) is 15.7. The van der Waals surface area contributed by atoms with Crippen molar-refractivity contribution < 1.29 is 14.5 Å². The Morgan fingerprint density at radius 2 is 1.71 bits per heavy atom. The van der Waals surface area contributed by atoms with E-state index >= 15 is 0 Å². The zero-order valence-corrected chi connectivity index (χ0v) is 13.8. The topological polar surface area (TPSA) is 69.4 Å². The van der Waals surface area contributed by atoms with Crippen LogP contribution in [0.15, 0.2) is 45.3 Å². The molecule has 5 nitrogen and oxygen atoms in total. The number of rotatable bonds is 5. The molecule has 7 heteroatoms. The van der Waals surface area contributed by atoms with Gasteiger partial charge in [0.1, 0.15) is 18.6 Å². The third-order valence-electron chi connectivity index (χ3n) is 2.69. The molecule has 0 aliphatic heterocycles. The first-order valence-electron chi connectivity index (χ1n) is 5.81. The summed E-state index contributed by atoms with van der Waals surface area (Å²) in [5.41, 5.74) is 1.37. The van der Waals surface area contributed by atoms with Crippen molar-refractivity contribution in [2.45, 2.75) is 6.61 Å². The van der Waals surface area contributed by atoms with Crippen molar-refractivity contribution in [2.24, 2.45) is 0 Å². The van der Waals surface area contributed by atoms with Gasteiger partial charge in [-0.2, -0.15) is 0 Å². The summed E-state index contributed by atoms with van der Waals surface area (Å²) in [5.74, 6) is 0.568. The van der Waals surface area contributed by atoms with Crippen LogP contribution < -0.4 is 4.74 Å². The first-order chi connectivity index (χ1) is 10.0. The number of non-ortho nitro benzene ring substituents is 1. The Labute approximate surface area is 137 Å². The number of ether oxygens (including phenoxy) is 1. The van der Waals surface area contributed by atoms with Crippen LogP contribution in [0.4, 0.5) is 5.69 Å². The Hall–Kier alpha value is -1.73. The van der Waals surface area contributed by atoms with Crippen LogP contribution in [0.3, 0.4) is 0 Å². The van der Waals surface area contributed by atoms with Crippen LogP contribution in [0.1, 0.15) is 15.9 Å². The molecule has 2 rings (SSSR count). The minimum Gasteiger partial charge on any atom is -0.487 e. The lowest BCUT2D eigenvalue weighted by Gasteiger charge is -2.11. The smallest absolute Gasteiger partial charge is 0.269 e. The van der Waals surface area contributed by atoms with Gasteiger partial charge in [-0.3, -0.25) is 14.9 Å². The van der Waals surface area contributed by atoms with Crippen LogP contribution in [-0.2, 0) is 6.61 Å². The molecule has 0 saturated carbocycles. The maximum absolute atomic E-state index is 10.8. The van der Waals surface area contributed by atoms with Gasteiger partial charge in [0.2, 0.25) is 0 Å². The highest BCUT2D eigenvalue weighted by atomic mass is 79.9. The summed E-state index contributed by atoms with van der Waals surface area (Å²) in [7, 11) is 0. The van der Waals surface area contributed by atoms with Gasteiger partial charge in [-0.15, -0.1) is 0 Å². The summed E-state index contributed by atoms with van der Waals surface area (Å²) in [6.07, 6.45) is 0.746. The monoisotopic (exact) mass is 413 g/mol. The molecule has 0 bridgehead atoms. The molecule has 0 radical (unpaired) electrons. The lowest BCUT2D eigenvalue weighted by molar-refractivity contribution is -0.384. The van der Waals surface area contributed by atoms with E-state index in [1.807, 2.05) is 0 Å². The van der Waals surface area contributed by atoms with E-state index < -0.39 is 4.92 Å². The van der Waals surface area contributed by atoms with Gasteiger partial charge in [-0.1, -0.05) is 0 Å². The average molecular weight is 415 g/mol. The van der Waals surface area contributed by atoms with Gasteiger partial charge in [0.15, 0.2) is 0 Å².